The first-order valence-corrected chi connectivity index (χ1v) is 7.44. The van der Waals surface area contributed by atoms with Crippen molar-refractivity contribution in [3.05, 3.63) is 27.8 Å². The second-order valence-electron chi connectivity index (χ2n) is 5.92. The minimum Gasteiger partial charge on any atom is -0.500 e. The van der Waals surface area contributed by atoms with Gasteiger partial charge in [-0.15, -0.1) is 0 Å². The highest BCUT2D eigenvalue weighted by Crippen LogP contribution is 2.37. The number of nitro groups is 1. The Kier molecular flexibility index (Phi) is 5.20. The second kappa shape index (κ2) is 6.93. The molecule has 0 radical (unpaired) electrons. The van der Waals surface area contributed by atoms with Gasteiger partial charge in [0.2, 0.25) is 5.75 Å². The first-order chi connectivity index (χ1) is 10.4. The number of methoxy groups -OCH3 is 1. The smallest absolute Gasteiger partial charge is 0.314 e. The van der Waals surface area contributed by atoms with Gasteiger partial charge >= 0.3 is 5.69 Å². The summed E-state index contributed by atoms with van der Waals surface area (Å²) in [6.45, 7) is 4.43. The van der Waals surface area contributed by atoms with Crippen LogP contribution < -0.4 is 10.5 Å². The summed E-state index contributed by atoms with van der Waals surface area (Å²) in [6, 6.07) is 3.21. The fraction of sp³-hybridized carbons (Fsp3) is 0.600. The number of hydrogen-bond donors (Lipinski definition) is 2. The van der Waals surface area contributed by atoms with Gasteiger partial charge in [-0.05, 0) is 43.9 Å². The van der Waals surface area contributed by atoms with Crippen LogP contribution in [0.1, 0.15) is 25.3 Å². The highest BCUT2D eigenvalue weighted by Gasteiger charge is 2.25. The first-order valence-electron chi connectivity index (χ1n) is 7.44. The van der Waals surface area contributed by atoms with Crippen molar-refractivity contribution in [1.82, 2.24) is 4.90 Å². The van der Waals surface area contributed by atoms with E-state index in [1.54, 1.807) is 6.07 Å². The van der Waals surface area contributed by atoms with Gasteiger partial charge in [-0.3, -0.25) is 15.0 Å². The van der Waals surface area contributed by atoms with Gasteiger partial charge in [0, 0.05) is 25.2 Å². The number of phenolic OH excluding ortho intramolecular Hbond substituents is 1. The molecule has 0 spiro atoms. The number of rotatable bonds is 5. The summed E-state index contributed by atoms with van der Waals surface area (Å²) in [5.41, 5.74) is 6.42. The predicted octanol–water partition coefficient (Wildman–Crippen LogP) is 1.87. The Bertz CT molecular complexity index is 548. The van der Waals surface area contributed by atoms with Gasteiger partial charge < -0.3 is 15.6 Å². The molecule has 7 heteroatoms. The summed E-state index contributed by atoms with van der Waals surface area (Å²) in [4.78, 5) is 12.7. The lowest BCUT2D eigenvalue weighted by molar-refractivity contribution is -0.386. The number of ether oxygens (including phenoxy) is 1. The van der Waals surface area contributed by atoms with Crippen LogP contribution in [0.3, 0.4) is 0 Å². The van der Waals surface area contributed by atoms with Crippen LogP contribution in [0.25, 0.3) is 0 Å². The number of benzene rings is 1. The molecule has 2 atom stereocenters. The molecule has 0 unspecified atom stereocenters. The topological polar surface area (TPSA) is 102 Å². The average Bonchev–Trinajstić information content (AvgIpc) is 2.48. The quantitative estimate of drug-likeness (QED) is 0.636. The van der Waals surface area contributed by atoms with Gasteiger partial charge in [0.1, 0.15) is 0 Å². The fourth-order valence-electron chi connectivity index (χ4n) is 2.96. The van der Waals surface area contributed by atoms with Crippen molar-refractivity contribution in [2.75, 3.05) is 20.2 Å². The van der Waals surface area contributed by atoms with E-state index in [4.69, 9.17) is 10.5 Å². The number of piperidine rings is 1. The van der Waals surface area contributed by atoms with Crippen molar-refractivity contribution in [2.45, 2.75) is 32.4 Å². The molecule has 0 saturated carbocycles. The molecule has 0 bridgehead atoms. The van der Waals surface area contributed by atoms with Crippen LogP contribution in [0.5, 0.6) is 11.5 Å². The molecule has 2 rings (SSSR count). The zero-order valence-electron chi connectivity index (χ0n) is 13.0. The highest BCUT2D eigenvalue weighted by molar-refractivity contribution is 5.57. The molecule has 1 fully saturated rings. The molecule has 1 saturated heterocycles. The zero-order valence-corrected chi connectivity index (χ0v) is 13.0. The van der Waals surface area contributed by atoms with Gasteiger partial charge in [-0.1, -0.05) is 0 Å². The minimum absolute atomic E-state index is 0.130. The number of likely N-dealkylation sites (tertiary alicyclic amines) is 1. The van der Waals surface area contributed by atoms with Crippen molar-refractivity contribution in [3.8, 4) is 11.5 Å². The molecule has 0 aliphatic carbocycles. The number of nitro benzene ring substituents is 1. The second-order valence-corrected chi connectivity index (χ2v) is 5.92. The minimum atomic E-state index is -0.595. The van der Waals surface area contributed by atoms with Gasteiger partial charge in [0.25, 0.3) is 0 Å². The van der Waals surface area contributed by atoms with Crippen molar-refractivity contribution < 1.29 is 14.8 Å². The normalized spacial score (nSPS) is 20.6. The molecule has 22 heavy (non-hydrogen) atoms. The van der Waals surface area contributed by atoms with Crippen LogP contribution in [0.2, 0.25) is 0 Å². The monoisotopic (exact) mass is 309 g/mol. The van der Waals surface area contributed by atoms with Crippen molar-refractivity contribution in [3.63, 3.8) is 0 Å². The number of nitrogens with two attached hydrogens (primary N) is 1. The third kappa shape index (κ3) is 3.66. The van der Waals surface area contributed by atoms with Crippen LogP contribution in [-0.4, -0.2) is 41.2 Å². The van der Waals surface area contributed by atoms with Crippen molar-refractivity contribution in [1.29, 1.82) is 0 Å². The molecule has 122 valence electrons. The molecule has 1 aromatic rings. The Morgan fingerprint density at radius 3 is 2.91 bits per heavy atom. The Balaban J connectivity index is 2.18. The van der Waals surface area contributed by atoms with E-state index in [1.165, 1.54) is 13.2 Å². The van der Waals surface area contributed by atoms with E-state index in [0.29, 0.717) is 12.5 Å². The number of aromatic hydroxyl groups is 1. The molecule has 0 aromatic heterocycles. The van der Waals surface area contributed by atoms with E-state index in [0.717, 1.165) is 31.5 Å². The van der Waals surface area contributed by atoms with Crippen LogP contribution in [0.15, 0.2) is 12.1 Å². The molecule has 1 aromatic carbocycles. The molecule has 3 N–H and O–H groups in total. The van der Waals surface area contributed by atoms with Crippen LogP contribution in [-0.2, 0) is 6.54 Å². The molecular formula is C15H23N3O4. The van der Waals surface area contributed by atoms with E-state index in [2.05, 4.69) is 4.90 Å². The molecular weight excluding hydrogens is 286 g/mol. The lowest BCUT2D eigenvalue weighted by Crippen LogP contribution is -2.41. The van der Waals surface area contributed by atoms with E-state index in [-0.39, 0.29) is 17.5 Å². The Hall–Kier alpha value is -1.86. The summed E-state index contributed by atoms with van der Waals surface area (Å²) in [7, 11) is 1.38. The lowest BCUT2D eigenvalue weighted by Gasteiger charge is -2.34. The van der Waals surface area contributed by atoms with Crippen molar-refractivity contribution in [2.24, 2.45) is 11.7 Å². The van der Waals surface area contributed by atoms with Gasteiger partial charge in [0.05, 0.1) is 12.0 Å². The van der Waals surface area contributed by atoms with Gasteiger partial charge in [0.15, 0.2) is 5.75 Å². The lowest BCUT2D eigenvalue weighted by atomic mass is 9.92. The van der Waals surface area contributed by atoms with Crippen molar-refractivity contribution >= 4 is 5.69 Å². The fourth-order valence-corrected chi connectivity index (χ4v) is 2.96. The summed E-state index contributed by atoms with van der Waals surface area (Å²) < 4.78 is 5.03. The van der Waals surface area contributed by atoms with Gasteiger partial charge in [-0.25, -0.2) is 0 Å². The number of hydrogen-bond acceptors (Lipinski definition) is 6. The highest BCUT2D eigenvalue weighted by atomic mass is 16.6. The first kappa shape index (κ1) is 16.5. The van der Waals surface area contributed by atoms with Crippen LogP contribution >= 0.6 is 0 Å². The Morgan fingerprint density at radius 2 is 2.32 bits per heavy atom. The maximum absolute atomic E-state index is 11.0. The van der Waals surface area contributed by atoms with Crippen LogP contribution in [0, 0.1) is 16.0 Å². The largest absolute Gasteiger partial charge is 0.500 e. The summed E-state index contributed by atoms with van der Waals surface area (Å²) in [5, 5.41) is 20.8. The zero-order chi connectivity index (χ0) is 16.3. The van der Waals surface area contributed by atoms with E-state index in [9.17, 15) is 15.2 Å². The third-order valence-electron chi connectivity index (χ3n) is 4.22. The number of nitrogens with zero attached hydrogens (tertiary/aromatic N) is 2. The van der Waals surface area contributed by atoms with Crippen LogP contribution in [0.4, 0.5) is 5.69 Å². The molecule has 0 amide bonds. The Labute approximate surface area is 129 Å². The van der Waals surface area contributed by atoms with Gasteiger partial charge in [-0.2, -0.15) is 0 Å². The Morgan fingerprint density at radius 1 is 1.59 bits per heavy atom. The standard InChI is InChI=1S/C15H23N3O4/c1-10(16)12-4-3-5-17(9-12)8-11-6-13(18(20)21)15(19)14(7-11)22-2/h6-7,10,12,19H,3-5,8-9,16H2,1-2H3/t10-,12-/m1/s1. The van der Waals surface area contributed by atoms with E-state index >= 15 is 0 Å². The molecule has 7 nitrogen and oxygen atoms in total. The predicted molar refractivity (Wildman–Crippen MR) is 83.0 cm³/mol. The SMILES string of the molecule is COc1cc(CN2CCC[C@@H]([C@@H](C)N)C2)cc([N+](=O)[O-])c1O. The maximum atomic E-state index is 11.0. The van der Waals surface area contributed by atoms with E-state index in [1.807, 2.05) is 6.92 Å². The summed E-state index contributed by atoms with van der Waals surface area (Å²) in [6.07, 6.45) is 2.19. The average molecular weight is 309 g/mol. The summed E-state index contributed by atoms with van der Waals surface area (Å²) >= 11 is 0. The van der Waals surface area contributed by atoms with E-state index < -0.39 is 10.7 Å². The third-order valence-corrected chi connectivity index (χ3v) is 4.22. The molecule has 1 aliphatic rings. The molecule has 1 aliphatic heterocycles. The maximum Gasteiger partial charge on any atom is 0.314 e. The number of phenols is 1. The molecule has 1 heterocycles. The summed E-state index contributed by atoms with van der Waals surface area (Å²) in [5.74, 6) is 0.149.